The average molecular weight is 368 g/mol. The Morgan fingerprint density at radius 1 is 0.520 bits per heavy atom. The van der Waals surface area contributed by atoms with Crippen LogP contribution < -0.4 is 29.6 Å². The van der Waals surface area contributed by atoms with Crippen molar-refractivity contribution in [2.24, 2.45) is 23.7 Å². The number of hydrogen-bond donors (Lipinski definition) is 4. The number of aliphatic carboxylic acids is 4. The molecule has 0 aromatic carbocycles. The monoisotopic (exact) mass is 368 g/mol. The van der Waals surface area contributed by atoms with Gasteiger partial charge in [-0.2, -0.15) is 0 Å². The van der Waals surface area contributed by atoms with E-state index >= 15 is 0 Å². The largest absolute Gasteiger partial charge is 1.00 e. The van der Waals surface area contributed by atoms with Crippen molar-refractivity contribution in [3.63, 3.8) is 0 Å². The van der Waals surface area contributed by atoms with Crippen LogP contribution in [0.3, 0.4) is 0 Å². The summed E-state index contributed by atoms with van der Waals surface area (Å²) in [4.78, 5) is 42.4. The van der Waals surface area contributed by atoms with Gasteiger partial charge in [0.15, 0.2) is 0 Å². The van der Waals surface area contributed by atoms with Gasteiger partial charge in [-0.05, 0) is 25.7 Å². The summed E-state index contributed by atoms with van der Waals surface area (Å²) >= 11 is 0. The van der Waals surface area contributed by atoms with Crippen molar-refractivity contribution in [2.45, 2.75) is 51.4 Å². The van der Waals surface area contributed by atoms with E-state index in [-0.39, 0.29) is 31.0 Å². The molecule has 0 saturated heterocycles. The van der Waals surface area contributed by atoms with Gasteiger partial charge in [0, 0.05) is 0 Å². The second kappa shape index (κ2) is 11.5. The molecule has 0 radical (unpaired) electrons. The average Bonchev–Trinajstić information content (AvgIpc) is 2.55. The zero-order valence-corrected chi connectivity index (χ0v) is 16.4. The van der Waals surface area contributed by atoms with Gasteiger partial charge in [0.05, 0.1) is 23.7 Å². The van der Waals surface area contributed by atoms with E-state index in [4.69, 9.17) is 20.4 Å². The Hall–Kier alpha value is -1.12. The van der Waals surface area contributed by atoms with Crippen LogP contribution in [0.1, 0.15) is 52.8 Å². The third-order valence-electron chi connectivity index (χ3n) is 4.80. The zero-order chi connectivity index (χ0) is 18.3. The molecule has 2 rings (SSSR count). The predicted molar refractivity (Wildman–Crippen MR) is 82.6 cm³/mol. The van der Waals surface area contributed by atoms with Crippen molar-refractivity contribution in [1.82, 2.24) is 0 Å². The Morgan fingerprint density at radius 3 is 0.800 bits per heavy atom. The first kappa shape index (κ1) is 23.9. The fourth-order valence-electron chi connectivity index (χ4n) is 3.44. The Labute approximate surface area is 169 Å². The Balaban J connectivity index is 0. The first-order valence-electron chi connectivity index (χ1n) is 8.17. The summed E-state index contributed by atoms with van der Waals surface area (Å²) in [5.74, 6) is -6.56. The third-order valence-corrected chi connectivity index (χ3v) is 4.80. The minimum Gasteiger partial charge on any atom is -1.00 e. The van der Waals surface area contributed by atoms with Gasteiger partial charge in [0.25, 0.3) is 0 Å². The Bertz CT molecular complexity index is 411. The quantitative estimate of drug-likeness (QED) is 0.464. The summed E-state index contributed by atoms with van der Waals surface area (Å²) in [6, 6.07) is 0. The molecular formula is C16H25NaO8. The zero-order valence-electron chi connectivity index (χ0n) is 15.4. The molecule has 4 N–H and O–H groups in total. The summed E-state index contributed by atoms with van der Waals surface area (Å²) < 4.78 is 0. The van der Waals surface area contributed by atoms with Crippen molar-refractivity contribution in [3.8, 4) is 0 Å². The number of carboxylic acids is 4. The van der Waals surface area contributed by atoms with Gasteiger partial charge in [-0.15, -0.1) is 0 Å². The smallest absolute Gasteiger partial charge is 1.00 e. The molecule has 0 bridgehead atoms. The Morgan fingerprint density at radius 2 is 0.680 bits per heavy atom. The van der Waals surface area contributed by atoms with E-state index in [0.29, 0.717) is 25.7 Å². The molecule has 0 aromatic heterocycles. The van der Waals surface area contributed by atoms with Crippen LogP contribution in [0.2, 0.25) is 0 Å². The van der Waals surface area contributed by atoms with Crippen molar-refractivity contribution < 1.29 is 70.6 Å². The van der Waals surface area contributed by atoms with E-state index in [9.17, 15) is 19.2 Å². The maximum absolute atomic E-state index is 10.6. The minimum absolute atomic E-state index is 0. The Kier molecular flexibility index (Phi) is 11.0. The van der Waals surface area contributed by atoms with Crippen molar-refractivity contribution in [1.29, 1.82) is 0 Å². The van der Waals surface area contributed by atoms with E-state index in [1.165, 1.54) is 0 Å². The second-order valence-electron chi connectivity index (χ2n) is 6.35. The van der Waals surface area contributed by atoms with Gasteiger partial charge < -0.3 is 21.9 Å². The SMILES string of the molecule is O=C(O)C1CCCCC1C(=O)O.O=C(O)C1CCCCC1C(=O)O.[H-].[Na+]. The van der Waals surface area contributed by atoms with Crippen LogP contribution in [0.5, 0.6) is 0 Å². The molecule has 9 heteroatoms. The summed E-state index contributed by atoms with van der Waals surface area (Å²) in [6.45, 7) is 0. The fraction of sp³-hybridized carbons (Fsp3) is 0.750. The molecule has 25 heavy (non-hydrogen) atoms. The van der Waals surface area contributed by atoms with Crippen molar-refractivity contribution >= 4 is 23.9 Å². The summed E-state index contributed by atoms with van der Waals surface area (Å²) in [6.07, 6.45) is 5.36. The molecule has 0 amide bonds. The van der Waals surface area contributed by atoms with Gasteiger partial charge >= 0.3 is 53.4 Å². The molecule has 138 valence electrons. The van der Waals surface area contributed by atoms with Gasteiger partial charge in [-0.1, -0.05) is 25.7 Å². The van der Waals surface area contributed by atoms with Crippen molar-refractivity contribution in [3.05, 3.63) is 0 Å². The number of hydrogen-bond acceptors (Lipinski definition) is 4. The predicted octanol–water partition coefficient (Wildman–Crippen LogP) is -0.959. The molecule has 2 fully saturated rings. The van der Waals surface area contributed by atoms with E-state index in [2.05, 4.69) is 0 Å². The van der Waals surface area contributed by atoms with E-state index in [1.807, 2.05) is 0 Å². The van der Waals surface area contributed by atoms with Crippen LogP contribution in [-0.4, -0.2) is 44.3 Å². The van der Waals surface area contributed by atoms with Gasteiger partial charge in [0.1, 0.15) is 0 Å². The molecule has 0 heterocycles. The maximum atomic E-state index is 10.6. The normalized spacial score (nSPS) is 28.5. The standard InChI is InChI=1S/2C8H12O4.Na.H/c2*9-7(10)5-3-1-2-4-6(5)8(11)12;;/h2*5-6H,1-4H2,(H,9,10)(H,11,12);;/q;;+1;-1. The number of carbonyl (C=O) groups is 4. The molecular weight excluding hydrogens is 343 g/mol. The van der Waals surface area contributed by atoms with Crippen molar-refractivity contribution in [2.75, 3.05) is 0 Å². The molecule has 0 spiro atoms. The van der Waals surface area contributed by atoms with Gasteiger partial charge in [-0.3, -0.25) is 19.2 Å². The number of carboxylic acid groups (broad SMARTS) is 4. The van der Waals surface area contributed by atoms with Gasteiger partial charge in [-0.25, -0.2) is 0 Å². The molecule has 8 nitrogen and oxygen atoms in total. The van der Waals surface area contributed by atoms with Crippen LogP contribution in [0.25, 0.3) is 0 Å². The second-order valence-corrected chi connectivity index (χ2v) is 6.35. The minimum atomic E-state index is -0.970. The van der Waals surface area contributed by atoms with Crippen LogP contribution in [0.15, 0.2) is 0 Å². The first-order chi connectivity index (χ1) is 11.3. The molecule has 0 aliphatic heterocycles. The maximum Gasteiger partial charge on any atom is 1.00 e. The molecule has 4 unspecified atom stereocenters. The topological polar surface area (TPSA) is 149 Å². The molecule has 0 aromatic rings. The van der Waals surface area contributed by atoms with Crippen LogP contribution in [0, 0.1) is 23.7 Å². The molecule has 4 atom stereocenters. The molecule has 2 aliphatic rings. The molecule has 2 saturated carbocycles. The van der Waals surface area contributed by atoms with E-state index < -0.39 is 47.5 Å². The van der Waals surface area contributed by atoms with E-state index in [0.717, 1.165) is 25.7 Å². The van der Waals surface area contributed by atoms with E-state index in [1.54, 1.807) is 0 Å². The molecule has 2 aliphatic carbocycles. The third kappa shape index (κ3) is 7.33. The van der Waals surface area contributed by atoms with Crippen LogP contribution >= 0.6 is 0 Å². The summed E-state index contributed by atoms with van der Waals surface area (Å²) in [5, 5.41) is 34.8. The van der Waals surface area contributed by atoms with Crippen LogP contribution in [0.4, 0.5) is 0 Å². The summed E-state index contributed by atoms with van der Waals surface area (Å²) in [7, 11) is 0. The summed E-state index contributed by atoms with van der Waals surface area (Å²) in [5.41, 5.74) is 0. The first-order valence-corrected chi connectivity index (χ1v) is 8.17. The van der Waals surface area contributed by atoms with Gasteiger partial charge in [0.2, 0.25) is 0 Å². The fourth-order valence-corrected chi connectivity index (χ4v) is 3.44. The number of rotatable bonds is 4. The van der Waals surface area contributed by atoms with Crippen LogP contribution in [-0.2, 0) is 19.2 Å².